The van der Waals surface area contributed by atoms with Crippen LogP contribution in [0.2, 0.25) is 0 Å². The molecule has 2 fully saturated rings. The Labute approximate surface area is 189 Å². The molecule has 3 heterocycles. The molecule has 2 aromatic heterocycles. The maximum absolute atomic E-state index is 5.63. The Balaban J connectivity index is 1.39. The number of aryl methyl sites for hydroxylation is 1. The lowest BCUT2D eigenvalue weighted by Crippen LogP contribution is -2.37. The summed E-state index contributed by atoms with van der Waals surface area (Å²) in [6.45, 7) is 7.93. The molecule has 5 heteroatoms. The molecule has 164 valence electrons. The van der Waals surface area contributed by atoms with E-state index in [-0.39, 0.29) is 0 Å². The number of anilines is 1. The number of rotatable bonds is 5. The zero-order valence-electron chi connectivity index (χ0n) is 18.9. The van der Waals surface area contributed by atoms with Crippen LogP contribution in [-0.4, -0.2) is 41.1 Å². The number of pyridine rings is 1. The number of hydrogen-bond donors (Lipinski definition) is 0. The molecule has 2 aliphatic carbocycles. The minimum Gasteiger partial charge on any atom is -0.378 e. The number of allylic oxidation sites excluding steroid dienone is 1. The molecule has 1 saturated heterocycles. The first kappa shape index (κ1) is 19.7. The monoisotopic (exact) mass is 426 g/mol. The van der Waals surface area contributed by atoms with Crippen LogP contribution >= 0.6 is 0 Å². The van der Waals surface area contributed by atoms with Gasteiger partial charge in [0.2, 0.25) is 0 Å². The van der Waals surface area contributed by atoms with Crippen molar-refractivity contribution in [3.05, 3.63) is 65.0 Å². The summed E-state index contributed by atoms with van der Waals surface area (Å²) in [5, 5.41) is 4.89. The second-order valence-corrected chi connectivity index (χ2v) is 9.50. The highest BCUT2D eigenvalue weighted by Gasteiger charge is 2.33. The lowest BCUT2D eigenvalue weighted by Gasteiger charge is -2.31. The van der Waals surface area contributed by atoms with Crippen LogP contribution in [-0.2, 0) is 11.2 Å². The van der Waals surface area contributed by atoms with Gasteiger partial charge in [-0.25, -0.2) is 9.67 Å². The van der Waals surface area contributed by atoms with Gasteiger partial charge in [-0.1, -0.05) is 36.3 Å². The molecule has 32 heavy (non-hydrogen) atoms. The number of hydrogen-bond acceptors (Lipinski definition) is 4. The quantitative estimate of drug-likeness (QED) is 0.572. The van der Waals surface area contributed by atoms with Crippen LogP contribution in [0, 0.1) is 18.8 Å². The molecule has 1 unspecified atom stereocenters. The number of ether oxygens (including phenoxy) is 1. The molecule has 3 aliphatic rings. The largest absolute Gasteiger partial charge is 0.378 e. The van der Waals surface area contributed by atoms with E-state index in [1.807, 2.05) is 10.9 Å². The van der Waals surface area contributed by atoms with Gasteiger partial charge in [-0.2, -0.15) is 5.10 Å². The van der Waals surface area contributed by atoms with E-state index in [9.17, 15) is 0 Å². The van der Waals surface area contributed by atoms with Crippen LogP contribution in [0.25, 0.3) is 23.2 Å². The fraction of sp³-hybridized carbons (Fsp3) is 0.407. The van der Waals surface area contributed by atoms with Crippen LogP contribution in [0.3, 0.4) is 0 Å². The van der Waals surface area contributed by atoms with Crippen LogP contribution in [0.1, 0.15) is 36.6 Å². The number of morpholine rings is 1. The third-order valence-corrected chi connectivity index (χ3v) is 7.23. The smallest absolute Gasteiger partial charge is 0.156 e. The molecule has 0 N–H and O–H groups in total. The van der Waals surface area contributed by atoms with Crippen molar-refractivity contribution in [1.82, 2.24) is 14.8 Å². The average molecular weight is 427 g/mol. The predicted octanol–water partition coefficient (Wildman–Crippen LogP) is 5.06. The van der Waals surface area contributed by atoms with E-state index >= 15 is 0 Å². The normalized spacial score (nSPS) is 19.1. The van der Waals surface area contributed by atoms with Gasteiger partial charge in [-0.3, -0.25) is 0 Å². The Bertz CT molecular complexity index is 1180. The van der Waals surface area contributed by atoms with E-state index in [0.29, 0.717) is 5.92 Å². The Hall–Kier alpha value is -2.92. The van der Waals surface area contributed by atoms with Gasteiger partial charge in [0.1, 0.15) is 0 Å². The Morgan fingerprint density at radius 1 is 1.09 bits per heavy atom. The van der Waals surface area contributed by atoms with Crippen LogP contribution in [0.5, 0.6) is 0 Å². The fourth-order valence-corrected chi connectivity index (χ4v) is 5.10. The lowest BCUT2D eigenvalue weighted by atomic mass is 9.94. The molecule has 0 radical (unpaired) electrons. The molecule has 6 rings (SSSR count). The van der Waals surface area contributed by atoms with E-state index in [0.717, 1.165) is 61.4 Å². The molecule has 5 nitrogen and oxygen atoms in total. The highest BCUT2D eigenvalue weighted by Crippen LogP contribution is 2.45. The van der Waals surface area contributed by atoms with Gasteiger partial charge < -0.3 is 9.64 Å². The summed E-state index contributed by atoms with van der Waals surface area (Å²) in [4.78, 5) is 7.55. The van der Waals surface area contributed by atoms with Crippen LogP contribution < -0.4 is 4.90 Å². The Kier molecular flexibility index (Phi) is 4.87. The molecule has 3 aromatic rings. The van der Waals surface area contributed by atoms with Crippen molar-refractivity contribution >= 4 is 11.8 Å². The summed E-state index contributed by atoms with van der Waals surface area (Å²) in [7, 11) is 0. The van der Waals surface area contributed by atoms with Crippen molar-refractivity contribution < 1.29 is 4.74 Å². The summed E-state index contributed by atoms with van der Waals surface area (Å²) < 4.78 is 7.56. The predicted molar refractivity (Wildman–Crippen MR) is 128 cm³/mol. The molecular weight excluding hydrogens is 396 g/mol. The maximum Gasteiger partial charge on any atom is 0.156 e. The average Bonchev–Trinajstić information content (AvgIpc) is 3.38. The van der Waals surface area contributed by atoms with Gasteiger partial charge in [-0.05, 0) is 56.2 Å². The lowest BCUT2D eigenvalue weighted by molar-refractivity contribution is 0.122. The van der Waals surface area contributed by atoms with E-state index in [1.165, 1.54) is 29.7 Å². The highest BCUT2D eigenvalue weighted by atomic mass is 16.5. The van der Waals surface area contributed by atoms with E-state index in [1.54, 1.807) is 5.57 Å². The second kappa shape index (κ2) is 7.89. The second-order valence-electron chi connectivity index (χ2n) is 9.50. The van der Waals surface area contributed by atoms with Gasteiger partial charge in [0.05, 0.1) is 24.6 Å². The first-order valence-electron chi connectivity index (χ1n) is 11.9. The van der Waals surface area contributed by atoms with Gasteiger partial charge in [0.25, 0.3) is 0 Å². The maximum atomic E-state index is 5.63. The standard InChI is InChI=1S/C27H30N4O/c1-18-4-3-5-21(14-18)24-8-9-31(29-24)27-17-26(30-10-12-32-13-11-30)23-15-22(16-25(23)28-27)19(2)20-6-7-20/h3-5,8-9,14,16-17,19-20H,6-7,10-13,15H2,1-2H3. The third-order valence-electron chi connectivity index (χ3n) is 7.23. The van der Waals surface area contributed by atoms with Crippen molar-refractivity contribution in [2.24, 2.45) is 11.8 Å². The summed E-state index contributed by atoms with van der Waals surface area (Å²) >= 11 is 0. The number of benzene rings is 1. The zero-order valence-corrected chi connectivity index (χ0v) is 18.9. The number of fused-ring (bicyclic) bond motifs is 1. The first-order chi connectivity index (χ1) is 15.7. The van der Waals surface area contributed by atoms with E-state index in [4.69, 9.17) is 14.8 Å². The highest BCUT2D eigenvalue weighted by molar-refractivity contribution is 5.72. The summed E-state index contributed by atoms with van der Waals surface area (Å²) in [5.41, 5.74) is 8.70. The van der Waals surface area contributed by atoms with Crippen molar-refractivity contribution in [3.8, 4) is 17.1 Å². The third kappa shape index (κ3) is 3.65. The minimum atomic E-state index is 0.655. The molecular formula is C27H30N4O. The van der Waals surface area contributed by atoms with Crippen LogP contribution in [0.4, 0.5) is 5.69 Å². The molecule has 1 saturated carbocycles. The molecule has 0 spiro atoms. The molecule has 0 amide bonds. The number of aromatic nitrogens is 3. The van der Waals surface area contributed by atoms with E-state index < -0.39 is 0 Å². The summed E-state index contributed by atoms with van der Waals surface area (Å²) in [5.74, 6) is 2.41. The van der Waals surface area contributed by atoms with Gasteiger partial charge in [0, 0.05) is 42.2 Å². The van der Waals surface area contributed by atoms with Gasteiger partial charge >= 0.3 is 0 Å². The molecule has 1 aromatic carbocycles. The summed E-state index contributed by atoms with van der Waals surface area (Å²) in [6, 6.07) is 12.8. The SMILES string of the molecule is Cc1cccc(-c2ccn(-c3cc(N4CCOCC4)c4c(n3)C=C(C(C)C3CC3)C4)n2)c1. The van der Waals surface area contributed by atoms with Crippen LogP contribution in [0.15, 0.2) is 48.2 Å². The Morgan fingerprint density at radius 2 is 1.94 bits per heavy atom. The topological polar surface area (TPSA) is 43.2 Å². The van der Waals surface area contributed by atoms with Gasteiger partial charge in [-0.15, -0.1) is 0 Å². The van der Waals surface area contributed by atoms with Crippen molar-refractivity contribution in [3.63, 3.8) is 0 Å². The van der Waals surface area contributed by atoms with Crippen molar-refractivity contribution in [2.75, 3.05) is 31.2 Å². The first-order valence-corrected chi connectivity index (χ1v) is 11.9. The Morgan fingerprint density at radius 3 is 2.72 bits per heavy atom. The molecule has 0 bridgehead atoms. The summed E-state index contributed by atoms with van der Waals surface area (Å²) in [6.07, 6.45) is 8.16. The molecule has 1 atom stereocenters. The van der Waals surface area contributed by atoms with Crippen molar-refractivity contribution in [1.29, 1.82) is 0 Å². The fourth-order valence-electron chi connectivity index (χ4n) is 5.10. The zero-order chi connectivity index (χ0) is 21.7. The minimum absolute atomic E-state index is 0.655. The molecule has 1 aliphatic heterocycles. The number of nitrogens with zero attached hydrogens (tertiary/aromatic N) is 4. The van der Waals surface area contributed by atoms with Crippen molar-refractivity contribution in [2.45, 2.75) is 33.1 Å². The van der Waals surface area contributed by atoms with Gasteiger partial charge in [0.15, 0.2) is 5.82 Å². The van der Waals surface area contributed by atoms with E-state index in [2.05, 4.69) is 61.2 Å².